The Morgan fingerprint density at radius 2 is 2.18 bits per heavy atom. The summed E-state index contributed by atoms with van der Waals surface area (Å²) in [5.41, 5.74) is 3.32. The summed E-state index contributed by atoms with van der Waals surface area (Å²) in [5.74, 6) is 2.67. The maximum atomic E-state index is 5.35. The third kappa shape index (κ3) is 2.64. The highest BCUT2D eigenvalue weighted by Crippen LogP contribution is 2.17. The van der Waals surface area contributed by atoms with Gasteiger partial charge in [0.05, 0.1) is 11.6 Å². The molecule has 2 nitrogen and oxygen atoms in total. The molecule has 2 rings (SSSR count). The summed E-state index contributed by atoms with van der Waals surface area (Å²) < 4.78 is 0. The number of rotatable bonds is 3. The fourth-order valence-corrected chi connectivity index (χ4v) is 1.86. The molecule has 0 saturated heterocycles. The number of aryl methyl sites for hydroxylation is 1. The average Bonchev–Trinajstić information content (AvgIpc) is 2.35. The average molecular weight is 224 g/mol. The molecule has 0 saturated carbocycles. The number of benzene rings is 1. The maximum Gasteiger partial charge on any atom is 0.0708 e. The lowest BCUT2D eigenvalue weighted by Crippen LogP contribution is -2.23. The molecule has 0 amide bonds. The van der Waals surface area contributed by atoms with E-state index >= 15 is 0 Å². The van der Waals surface area contributed by atoms with Gasteiger partial charge in [-0.1, -0.05) is 24.1 Å². The molecular weight excluding hydrogens is 208 g/mol. The Kier molecular flexibility index (Phi) is 3.41. The van der Waals surface area contributed by atoms with Crippen LogP contribution < -0.4 is 5.32 Å². The number of aromatic nitrogens is 1. The number of hydrogen-bond donors (Lipinski definition) is 1. The number of fused-ring (bicyclic) bond motifs is 1. The van der Waals surface area contributed by atoms with Crippen molar-refractivity contribution in [3.8, 4) is 12.3 Å². The summed E-state index contributed by atoms with van der Waals surface area (Å²) >= 11 is 0. The molecule has 17 heavy (non-hydrogen) atoms. The Morgan fingerprint density at radius 1 is 1.41 bits per heavy atom. The van der Waals surface area contributed by atoms with Crippen molar-refractivity contribution in [2.45, 2.75) is 26.4 Å². The zero-order valence-electron chi connectivity index (χ0n) is 10.2. The van der Waals surface area contributed by atoms with E-state index in [1.807, 2.05) is 32.0 Å². The molecule has 1 heterocycles. The number of para-hydroxylation sites is 1. The first kappa shape index (κ1) is 11.6. The van der Waals surface area contributed by atoms with Crippen LogP contribution in [-0.4, -0.2) is 11.0 Å². The van der Waals surface area contributed by atoms with Crippen LogP contribution in [0.2, 0.25) is 0 Å². The Balaban J connectivity index is 2.36. The van der Waals surface area contributed by atoms with E-state index in [-0.39, 0.29) is 6.04 Å². The Bertz CT molecular complexity index is 567. The van der Waals surface area contributed by atoms with E-state index in [0.717, 1.165) is 17.8 Å². The summed E-state index contributed by atoms with van der Waals surface area (Å²) in [7, 11) is 0. The monoisotopic (exact) mass is 224 g/mol. The standard InChI is InChI=1S/C15H16N2/c1-4-11(2)16-10-13-9-12(3)17-15-8-6-5-7-14(13)15/h1,5-9,11,16H,10H2,2-3H3. The van der Waals surface area contributed by atoms with E-state index in [4.69, 9.17) is 6.42 Å². The molecule has 1 N–H and O–H groups in total. The van der Waals surface area contributed by atoms with Gasteiger partial charge in [0.1, 0.15) is 0 Å². The maximum absolute atomic E-state index is 5.35. The molecule has 0 spiro atoms. The van der Waals surface area contributed by atoms with Crippen molar-refractivity contribution >= 4 is 10.9 Å². The second-order valence-electron chi connectivity index (χ2n) is 4.21. The van der Waals surface area contributed by atoms with Crippen molar-refractivity contribution in [3.63, 3.8) is 0 Å². The predicted molar refractivity (Wildman–Crippen MR) is 71.6 cm³/mol. The van der Waals surface area contributed by atoms with Crippen molar-refractivity contribution in [2.75, 3.05) is 0 Å². The van der Waals surface area contributed by atoms with Crippen molar-refractivity contribution < 1.29 is 0 Å². The molecule has 0 aliphatic rings. The van der Waals surface area contributed by atoms with Gasteiger partial charge in [-0.2, -0.15) is 0 Å². The van der Waals surface area contributed by atoms with Crippen LogP contribution in [0.1, 0.15) is 18.2 Å². The highest BCUT2D eigenvalue weighted by atomic mass is 14.9. The fraction of sp³-hybridized carbons (Fsp3) is 0.267. The van der Waals surface area contributed by atoms with E-state index in [0.29, 0.717) is 0 Å². The van der Waals surface area contributed by atoms with Gasteiger partial charge in [0.15, 0.2) is 0 Å². The van der Waals surface area contributed by atoms with Gasteiger partial charge in [-0.15, -0.1) is 6.42 Å². The first-order valence-electron chi connectivity index (χ1n) is 5.75. The largest absolute Gasteiger partial charge is 0.300 e. The molecule has 1 atom stereocenters. The third-order valence-electron chi connectivity index (χ3n) is 2.78. The molecule has 1 unspecified atom stereocenters. The molecule has 0 aliphatic carbocycles. The topological polar surface area (TPSA) is 24.9 Å². The van der Waals surface area contributed by atoms with E-state index in [1.54, 1.807) is 0 Å². The molecule has 0 radical (unpaired) electrons. The zero-order chi connectivity index (χ0) is 12.3. The molecule has 2 aromatic rings. The predicted octanol–water partition coefficient (Wildman–Crippen LogP) is 2.65. The van der Waals surface area contributed by atoms with Crippen LogP contribution in [0.3, 0.4) is 0 Å². The highest BCUT2D eigenvalue weighted by molar-refractivity contribution is 5.82. The Hall–Kier alpha value is -1.85. The summed E-state index contributed by atoms with van der Waals surface area (Å²) in [5, 5.41) is 4.49. The van der Waals surface area contributed by atoms with Crippen LogP contribution >= 0.6 is 0 Å². The SMILES string of the molecule is C#CC(C)NCc1cc(C)nc2ccccc12. The van der Waals surface area contributed by atoms with Crippen molar-refractivity contribution in [3.05, 3.63) is 41.6 Å². The molecule has 0 bridgehead atoms. The van der Waals surface area contributed by atoms with E-state index < -0.39 is 0 Å². The lowest BCUT2D eigenvalue weighted by molar-refractivity contribution is 0.650. The van der Waals surface area contributed by atoms with Gasteiger partial charge >= 0.3 is 0 Å². The van der Waals surface area contributed by atoms with Crippen LogP contribution in [0.5, 0.6) is 0 Å². The molecule has 1 aromatic heterocycles. The first-order valence-corrected chi connectivity index (χ1v) is 5.75. The molecule has 0 fully saturated rings. The van der Waals surface area contributed by atoms with Crippen LogP contribution in [0.15, 0.2) is 30.3 Å². The van der Waals surface area contributed by atoms with Crippen LogP contribution in [0.25, 0.3) is 10.9 Å². The van der Waals surface area contributed by atoms with Gasteiger partial charge in [0.2, 0.25) is 0 Å². The second-order valence-corrected chi connectivity index (χ2v) is 4.21. The summed E-state index contributed by atoms with van der Waals surface area (Å²) in [6.07, 6.45) is 5.35. The normalized spacial score (nSPS) is 12.3. The molecule has 1 aromatic carbocycles. The summed E-state index contributed by atoms with van der Waals surface area (Å²) in [6.45, 7) is 4.77. The van der Waals surface area contributed by atoms with E-state index in [1.165, 1.54) is 10.9 Å². The van der Waals surface area contributed by atoms with E-state index in [9.17, 15) is 0 Å². The number of nitrogens with one attached hydrogen (secondary N) is 1. The third-order valence-corrected chi connectivity index (χ3v) is 2.78. The molecular formula is C15H16N2. The van der Waals surface area contributed by atoms with Crippen LogP contribution in [-0.2, 0) is 6.54 Å². The summed E-state index contributed by atoms with van der Waals surface area (Å²) in [4.78, 5) is 4.52. The minimum Gasteiger partial charge on any atom is -0.300 e. The Morgan fingerprint density at radius 3 is 2.94 bits per heavy atom. The number of pyridine rings is 1. The quantitative estimate of drug-likeness (QED) is 0.811. The highest BCUT2D eigenvalue weighted by Gasteiger charge is 2.04. The Labute approximate surface area is 102 Å². The first-order chi connectivity index (χ1) is 8.20. The van der Waals surface area contributed by atoms with Crippen molar-refractivity contribution in [1.29, 1.82) is 0 Å². The van der Waals surface area contributed by atoms with Gasteiger partial charge in [-0.05, 0) is 31.5 Å². The van der Waals surface area contributed by atoms with Gasteiger partial charge in [-0.25, -0.2) is 0 Å². The van der Waals surface area contributed by atoms with Crippen molar-refractivity contribution in [1.82, 2.24) is 10.3 Å². The lowest BCUT2D eigenvalue weighted by atomic mass is 10.1. The number of hydrogen-bond acceptors (Lipinski definition) is 2. The second kappa shape index (κ2) is 4.99. The van der Waals surface area contributed by atoms with Crippen LogP contribution in [0.4, 0.5) is 0 Å². The van der Waals surface area contributed by atoms with Gasteiger partial charge in [-0.3, -0.25) is 10.3 Å². The number of nitrogens with zero attached hydrogens (tertiary/aromatic N) is 1. The summed E-state index contributed by atoms with van der Waals surface area (Å²) in [6, 6.07) is 10.4. The fourth-order valence-electron chi connectivity index (χ4n) is 1.86. The smallest absolute Gasteiger partial charge is 0.0708 e. The lowest BCUT2D eigenvalue weighted by Gasteiger charge is -2.11. The van der Waals surface area contributed by atoms with E-state index in [2.05, 4.69) is 28.4 Å². The zero-order valence-corrected chi connectivity index (χ0v) is 10.2. The van der Waals surface area contributed by atoms with Gasteiger partial charge < -0.3 is 0 Å². The number of terminal acetylenes is 1. The molecule has 86 valence electrons. The molecule has 2 heteroatoms. The van der Waals surface area contributed by atoms with Gasteiger partial charge in [0.25, 0.3) is 0 Å². The minimum absolute atomic E-state index is 0.0854. The van der Waals surface area contributed by atoms with Crippen molar-refractivity contribution in [2.24, 2.45) is 0 Å². The minimum atomic E-state index is 0.0854. The molecule has 0 aliphatic heterocycles. The van der Waals surface area contributed by atoms with Gasteiger partial charge in [0, 0.05) is 17.6 Å². The van der Waals surface area contributed by atoms with Crippen LogP contribution in [0, 0.1) is 19.3 Å².